The summed E-state index contributed by atoms with van der Waals surface area (Å²) in [7, 11) is 0. The molecule has 3 rings (SSSR count). The highest BCUT2D eigenvalue weighted by molar-refractivity contribution is 5.49. The lowest BCUT2D eigenvalue weighted by Gasteiger charge is -2.34. The van der Waals surface area contributed by atoms with Crippen LogP contribution >= 0.6 is 0 Å². The number of hydrogen-bond donors (Lipinski definition) is 2. The second-order valence-corrected chi connectivity index (χ2v) is 8.06. The van der Waals surface area contributed by atoms with Gasteiger partial charge >= 0.3 is 6.18 Å². The summed E-state index contributed by atoms with van der Waals surface area (Å²) in [6, 6.07) is 13.4. The van der Waals surface area contributed by atoms with E-state index in [1.807, 2.05) is 29.2 Å². The van der Waals surface area contributed by atoms with Gasteiger partial charge in [-0.15, -0.1) is 0 Å². The molecule has 0 aromatic heterocycles. The van der Waals surface area contributed by atoms with Crippen molar-refractivity contribution in [3.8, 4) is 5.75 Å². The molecular weight excluding hydrogens is 421 g/mol. The molecule has 1 aliphatic rings. The van der Waals surface area contributed by atoms with Gasteiger partial charge in [0.25, 0.3) is 0 Å². The molecule has 32 heavy (non-hydrogen) atoms. The number of ether oxygens (including phenoxy) is 2. The molecule has 1 heterocycles. The Kier molecular flexibility index (Phi) is 8.78. The van der Waals surface area contributed by atoms with Crippen molar-refractivity contribution < 1.29 is 32.7 Å². The Hall–Kier alpha value is -2.29. The van der Waals surface area contributed by atoms with Gasteiger partial charge in [-0.2, -0.15) is 13.2 Å². The minimum Gasteiger partial charge on any atom is -0.491 e. The average Bonchev–Trinajstić information content (AvgIpc) is 2.79. The summed E-state index contributed by atoms with van der Waals surface area (Å²) in [4.78, 5) is 3.18. The summed E-state index contributed by atoms with van der Waals surface area (Å²) in [6.07, 6.45) is -3.93. The molecule has 0 bridgehead atoms. The van der Waals surface area contributed by atoms with Crippen LogP contribution in [0.2, 0.25) is 0 Å². The van der Waals surface area contributed by atoms with Crippen molar-refractivity contribution in [2.24, 2.45) is 0 Å². The second-order valence-electron chi connectivity index (χ2n) is 8.06. The SMILES string of the molecule is CCc1ccc(OCCOC[C@@H](O)C[NH+]2CCN(c3cccc(C(F)(F)F)c3)CC2)cc1. The van der Waals surface area contributed by atoms with E-state index in [1.165, 1.54) is 22.6 Å². The molecule has 2 N–H and O–H groups in total. The van der Waals surface area contributed by atoms with Gasteiger partial charge < -0.3 is 24.4 Å². The van der Waals surface area contributed by atoms with Crippen LogP contribution in [0.15, 0.2) is 48.5 Å². The van der Waals surface area contributed by atoms with Gasteiger partial charge in [-0.3, -0.25) is 0 Å². The predicted molar refractivity (Wildman–Crippen MR) is 117 cm³/mol. The topological polar surface area (TPSA) is 46.4 Å². The van der Waals surface area contributed by atoms with E-state index in [0.29, 0.717) is 38.5 Å². The largest absolute Gasteiger partial charge is 0.491 e. The van der Waals surface area contributed by atoms with E-state index in [2.05, 4.69) is 6.92 Å². The van der Waals surface area contributed by atoms with Crippen LogP contribution in [0.3, 0.4) is 0 Å². The highest BCUT2D eigenvalue weighted by atomic mass is 19.4. The number of quaternary nitrogens is 1. The molecule has 0 radical (unpaired) electrons. The normalized spacial score (nSPS) is 16.2. The van der Waals surface area contributed by atoms with Crippen molar-refractivity contribution in [2.75, 3.05) is 57.4 Å². The van der Waals surface area contributed by atoms with Gasteiger partial charge in [-0.25, -0.2) is 0 Å². The van der Waals surface area contributed by atoms with Crippen molar-refractivity contribution in [3.63, 3.8) is 0 Å². The third-order valence-corrected chi connectivity index (χ3v) is 5.67. The number of anilines is 1. The van der Waals surface area contributed by atoms with Crippen LogP contribution in [0.5, 0.6) is 5.75 Å². The summed E-state index contributed by atoms with van der Waals surface area (Å²) in [6.45, 7) is 6.51. The lowest BCUT2D eigenvalue weighted by molar-refractivity contribution is -0.903. The summed E-state index contributed by atoms with van der Waals surface area (Å²) >= 11 is 0. The Morgan fingerprint density at radius 1 is 1.06 bits per heavy atom. The highest BCUT2D eigenvalue weighted by Crippen LogP contribution is 2.31. The van der Waals surface area contributed by atoms with Crippen molar-refractivity contribution in [1.82, 2.24) is 0 Å². The fourth-order valence-electron chi connectivity index (χ4n) is 3.82. The van der Waals surface area contributed by atoms with Gasteiger partial charge in [-0.05, 0) is 42.3 Å². The minimum atomic E-state index is -4.34. The summed E-state index contributed by atoms with van der Waals surface area (Å²) < 4.78 is 50.0. The number of nitrogens with one attached hydrogen (secondary N) is 1. The molecule has 1 saturated heterocycles. The van der Waals surface area contributed by atoms with Crippen LogP contribution < -0.4 is 14.5 Å². The Morgan fingerprint density at radius 2 is 1.78 bits per heavy atom. The first-order valence-electron chi connectivity index (χ1n) is 11.1. The number of nitrogens with zero attached hydrogens (tertiary/aromatic N) is 1. The number of halogens is 3. The molecule has 5 nitrogen and oxygen atoms in total. The Labute approximate surface area is 187 Å². The Morgan fingerprint density at radius 3 is 2.44 bits per heavy atom. The van der Waals surface area contributed by atoms with Crippen LogP contribution in [-0.2, 0) is 17.3 Å². The molecule has 8 heteroatoms. The molecular formula is C24H32F3N2O3+. The highest BCUT2D eigenvalue weighted by Gasteiger charge is 2.31. The van der Waals surface area contributed by atoms with Gasteiger partial charge in [0.2, 0.25) is 0 Å². The molecule has 0 amide bonds. The van der Waals surface area contributed by atoms with Gasteiger partial charge in [0.05, 0.1) is 45.0 Å². The first kappa shape index (κ1) is 24.4. The van der Waals surface area contributed by atoms with E-state index in [-0.39, 0.29) is 6.61 Å². The summed E-state index contributed by atoms with van der Waals surface area (Å²) in [5.41, 5.74) is 1.22. The predicted octanol–water partition coefficient (Wildman–Crippen LogP) is 2.43. The molecule has 0 aliphatic carbocycles. The zero-order valence-electron chi connectivity index (χ0n) is 18.4. The van der Waals surface area contributed by atoms with Gasteiger partial charge in [0.15, 0.2) is 0 Å². The van der Waals surface area contributed by atoms with E-state index < -0.39 is 17.8 Å². The van der Waals surface area contributed by atoms with Gasteiger partial charge in [0.1, 0.15) is 25.0 Å². The van der Waals surface area contributed by atoms with Gasteiger partial charge in [-0.1, -0.05) is 25.1 Å². The molecule has 0 saturated carbocycles. The molecule has 0 spiro atoms. The number of alkyl halides is 3. The minimum absolute atomic E-state index is 0.235. The smallest absolute Gasteiger partial charge is 0.416 e. The van der Waals surface area contributed by atoms with Crippen LogP contribution in [0.1, 0.15) is 18.1 Å². The monoisotopic (exact) mass is 453 g/mol. The van der Waals surface area contributed by atoms with Crippen molar-refractivity contribution in [2.45, 2.75) is 25.6 Å². The van der Waals surface area contributed by atoms with E-state index in [4.69, 9.17) is 9.47 Å². The number of piperazine rings is 1. The molecule has 2 aromatic rings. The maximum absolute atomic E-state index is 12.9. The average molecular weight is 454 g/mol. The Balaban J connectivity index is 1.32. The number of aliphatic hydroxyl groups is 1. The third-order valence-electron chi connectivity index (χ3n) is 5.67. The number of aliphatic hydroxyl groups excluding tert-OH is 1. The van der Waals surface area contributed by atoms with E-state index in [1.54, 1.807) is 6.07 Å². The molecule has 1 fully saturated rings. The van der Waals surface area contributed by atoms with E-state index in [9.17, 15) is 18.3 Å². The van der Waals surface area contributed by atoms with Crippen LogP contribution in [0, 0.1) is 0 Å². The number of rotatable bonds is 10. The standard InChI is InChI=1S/C24H31F3N2O3/c1-2-19-6-8-23(9-7-19)32-15-14-31-18-22(30)17-28-10-12-29(13-11-28)21-5-3-4-20(16-21)24(25,26)27/h3-9,16,22,30H,2,10-15,17-18H2,1H3/p+1/t22-/m0/s1. The summed E-state index contributed by atoms with van der Waals surface area (Å²) in [5.74, 6) is 0.800. The molecule has 2 aromatic carbocycles. The molecule has 1 atom stereocenters. The number of aryl methyl sites for hydroxylation is 1. The van der Waals surface area contributed by atoms with Crippen molar-refractivity contribution in [3.05, 3.63) is 59.7 Å². The van der Waals surface area contributed by atoms with Crippen LogP contribution in [-0.4, -0.2) is 63.8 Å². The van der Waals surface area contributed by atoms with Crippen LogP contribution in [0.4, 0.5) is 18.9 Å². The van der Waals surface area contributed by atoms with Crippen LogP contribution in [0.25, 0.3) is 0 Å². The zero-order chi connectivity index (χ0) is 23.0. The van der Waals surface area contributed by atoms with Gasteiger partial charge in [0, 0.05) is 5.69 Å². The quantitative estimate of drug-likeness (QED) is 0.543. The first-order valence-corrected chi connectivity index (χ1v) is 11.1. The van der Waals surface area contributed by atoms with Crippen molar-refractivity contribution in [1.29, 1.82) is 0 Å². The fourth-order valence-corrected chi connectivity index (χ4v) is 3.82. The third kappa shape index (κ3) is 7.39. The number of benzene rings is 2. The number of hydrogen-bond acceptors (Lipinski definition) is 4. The maximum atomic E-state index is 12.9. The van der Waals surface area contributed by atoms with E-state index in [0.717, 1.165) is 31.3 Å². The first-order chi connectivity index (χ1) is 15.3. The summed E-state index contributed by atoms with van der Waals surface area (Å²) in [5, 5.41) is 10.3. The van der Waals surface area contributed by atoms with Crippen molar-refractivity contribution >= 4 is 5.69 Å². The lowest BCUT2D eigenvalue weighted by atomic mass is 10.1. The maximum Gasteiger partial charge on any atom is 0.416 e. The van der Waals surface area contributed by atoms with E-state index >= 15 is 0 Å². The zero-order valence-corrected chi connectivity index (χ0v) is 18.4. The fraction of sp³-hybridized carbons (Fsp3) is 0.500. The molecule has 0 unspecified atom stereocenters. The molecule has 1 aliphatic heterocycles. The lowest BCUT2D eigenvalue weighted by Crippen LogP contribution is -3.16. The Bertz CT molecular complexity index is 822. The molecule has 176 valence electrons. The second kappa shape index (κ2) is 11.5.